The van der Waals surface area contributed by atoms with Gasteiger partial charge in [0.15, 0.2) is 5.96 Å². The lowest BCUT2D eigenvalue weighted by atomic mass is 9.90. The van der Waals surface area contributed by atoms with E-state index in [4.69, 9.17) is 0 Å². The van der Waals surface area contributed by atoms with Crippen LogP contribution in [0.2, 0.25) is 0 Å². The van der Waals surface area contributed by atoms with Crippen molar-refractivity contribution in [2.24, 2.45) is 10.9 Å². The molecule has 0 spiro atoms. The Morgan fingerprint density at radius 2 is 1.97 bits per heavy atom. The van der Waals surface area contributed by atoms with E-state index >= 15 is 0 Å². The fourth-order valence-corrected chi connectivity index (χ4v) is 3.71. The van der Waals surface area contributed by atoms with E-state index < -0.39 is 0 Å². The summed E-state index contributed by atoms with van der Waals surface area (Å²) in [6, 6.07) is 12.5. The van der Waals surface area contributed by atoms with Gasteiger partial charge in [-0.3, -0.25) is 14.5 Å². The number of hydrogen-bond donors (Lipinski definition) is 2. The van der Waals surface area contributed by atoms with E-state index in [2.05, 4.69) is 51.1 Å². The predicted octanol–water partition coefficient (Wildman–Crippen LogP) is 1.92. The first-order valence-electron chi connectivity index (χ1n) is 10.5. The Morgan fingerprint density at radius 1 is 1.17 bits per heavy atom. The predicted molar refractivity (Wildman–Crippen MR) is 116 cm³/mol. The molecule has 1 aliphatic heterocycles. The van der Waals surface area contributed by atoms with Gasteiger partial charge in [-0.2, -0.15) is 5.10 Å². The summed E-state index contributed by atoms with van der Waals surface area (Å²) in [5.41, 5.74) is 1.39. The highest BCUT2D eigenvalue weighted by atomic mass is 16.2. The van der Waals surface area contributed by atoms with Crippen LogP contribution in [0.25, 0.3) is 0 Å². The van der Waals surface area contributed by atoms with E-state index in [0.29, 0.717) is 11.9 Å². The molecule has 2 N–H and O–H groups in total. The van der Waals surface area contributed by atoms with Crippen LogP contribution in [0.5, 0.6) is 0 Å². The molecule has 0 radical (unpaired) electrons. The highest BCUT2D eigenvalue weighted by molar-refractivity contribution is 5.86. The normalized spacial score (nSPS) is 15.3. The zero-order valence-corrected chi connectivity index (χ0v) is 17.3. The third-order valence-electron chi connectivity index (χ3n) is 5.38. The van der Waals surface area contributed by atoms with Crippen LogP contribution in [0.3, 0.4) is 0 Å². The van der Waals surface area contributed by atoms with Crippen molar-refractivity contribution in [2.75, 3.05) is 33.2 Å². The Hall–Kier alpha value is -2.83. The minimum Gasteiger partial charge on any atom is -0.356 e. The molecule has 1 amide bonds. The number of aliphatic imine (C=N–C) groups is 1. The maximum atomic E-state index is 12.5. The number of likely N-dealkylation sites (tertiary alicyclic amines) is 1. The topological polar surface area (TPSA) is 74.5 Å². The minimum absolute atomic E-state index is 0.141. The quantitative estimate of drug-likeness (QED) is 0.406. The van der Waals surface area contributed by atoms with Crippen molar-refractivity contribution in [2.45, 2.75) is 32.2 Å². The molecular formula is C22H32N6O. The van der Waals surface area contributed by atoms with Crippen LogP contribution in [0, 0.1) is 5.92 Å². The number of carbonyl (C=O) groups excluding carboxylic acids is 1. The molecule has 2 aromatic rings. The number of benzene rings is 1. The number of nitrogens with zero attached hydrogens (tertiary/aromatic N) is 4. The van der Waals surface area contributed by atoms with E-state index in [-0.39, 0.29) is 12.5 Å². The van der Waals surface area contributed by atoms with Gasteiger partial charge >= 0.3 is 0 Å². The molecule has 7 nitrogen and oxygen atoms in total. The van der Waals surface area contributed by atoms with Crippen molar-refractivity contribution >= 4 is 11.9 Å². The Labute approximate surface area is 173 Å². The Kier molecular flexibility index (Phi) is 8.10. The molecule has 1 aliphatic rings. The summed E-state index contributed by atoms with van der Waals surface area (Å²) in [6.45, 7) is 3.59. The van der Waals surface area contributed by atoms with Gasteiger partial charge in [0, 0.05) is 45.6 Å². The van der Waals surface area contributed by atoms with Gasteiger partial charge in [0.1, 0.15) is 0 Å². The average Bonchev–Trinajstić information content (AvgIpc) is 3.28. The first-order chi connectivity index (χ1) is 14.2. The second-order valence-electron chi connectivity index (χ2n) is 7.49. The van der Waals surface area contributed by atoms with Gasteiger partial charge in [-0.15, -0.1) is 0 Å². The van der Waals surface area contributed by atoms with E-state index in [1.165, 1.54) is 5.56 Å². The van der Waals surface area contributed by atoms with Crippen molar-refractivity contribution in [1.82, 2.24) is 25.3 Å². The van der Waals surface area contributed by atoms with E-state index in [0.717, 1.165) is 51.9 Å². The number of guanidine groups is 1. The molecule has 1 aromatic carbocycles. The third kappa shape index (κ3) is 6.93. The van der Waals surface area contributed by atoms with Crippen LogP contribution in [0.1, 0.15) is 24.8 Å². The molecule has 0 aliphatic carbocycles. The number of piperidine rings is 1. The number of hydrogen-bond acceptors (Lipinski definition) is 3. The standard InChI is InChI=1S/C22H32N6O/c1-23-22(24-11-5-13-28-14-6-12-26-28)25-18-21(29)27-15-9-20(10-16-27)17-19-7-3-2-4-8-19/h2-4,6-8,12,14,20H,5,9-11,13,15-18H2,1H3,(H2,23,24,25). The number of nitrogens with one attached hydrogen (secondary N) is 2. The molecule has 0 unspecified atom stereocenters. The molecule has 0 atom stereocenters. The largest absolute Gasteiger partial charge is 0.356 e. The van der Waals surface area contributed by atoms with Crippen molar-refractivity contribution in [1.29, 1.82) is 0 Å². The SMILES string of the molecule is CN=C(NCCCn1cccn1)NCC(=O)N1CCC(Cc2ccccc2)CC1. The fourth-order valence-electron chi connectivity index (χ4n) is 3.71. The average molecular weight is 397 g/mol. The highest BCUT2D eigenvalue weighted by Gasteiger charge is 2.22. The lowest BCUT2D eigenvalue weighted by Gasteiger charge is -2.32. The second kappa shape index (κ2) is 11.2. The van der Waals surface area contributed by atoms with Gasteiger partial charge in [-0.1, -0.05) is 30.3 Å². The molecule has 1 aromatic heterocycles. The minimum atomic E-state index is 0.141. The van der Waals surface area contributed by atoms with Crippen LogP contribution in [-0.4, -0.2) is 59.8 Å². The van der Waals surface area contributed by atoms with Crippen LogP contribution in [0.4, 0.5) is 0 Å². The summed E-state index contributed by atoms with van der Waals surface area (Å²) in [6.07, 6.45) is 7.92. The number of carbonyl (C=O) groups is 1. The molecule has 1 fully saturated rings. The number of rotatable bonds is 8. The van der Waals surface area contributed by atoms with Gasteiger partial charge in [0.25, 0.3) is 0 Å². The first kappa shape index (κ1) is 20.9. The summed E-state index contributed by atoms with van der Waals surface area (Å²) < 4.78 is 1.91. The second-order valence-corrected chi connectivity index (χ2v) is 7.49. The molecule has 29 heavy (non-hydrogen) atoms. The zero-order chi connectivity index (χ0) is 20.3. The van der Waals surface area contributed by atoms with E-state index in [1.807, 2.05) is 21.8 Å². The molecule has 0 saturated carbocycles. The molecule has 2 heterocycles. The lowest BCUT2D eigenvalue weighted by molar-refractivity contribution is -0.131. The van der Waals surface area contributed by atoms with Crippen molar-refractivity contribution in [3.63, 3.8) is 0 Å². The maximum Gasteiger partial charge on any atom is 0.241 e. The lowest BCUT2D eigenvalue weighted by Crippen LogP contribution is -2.47. The number of aromatic nitrogens is 2. The van der Waals surface area contributed by atoms with Crippen molar-refractivity contribution < 1.29 is 4.79 Å². The Morgan fingerprint density at radius 3 is 2.66 bits per heavy atom. The van der Waals surface area contributed by atoms with E-state index in [1.54, 1.807) is 13.2 Å². The van der Waals surface area contributed by atoms with Crippen LogP contribution >= 0.6 is 0 Å². The molecule has 7 heteroatoms. The van der Waals surface area contributed by atoms with Gasteiger partial charge in [-0.05, 0) is 43.2 Å². The van der Waals surface area contributed by atoms with Gasteiger partial charge in [0.05, 0.1) is 6.54 Å². The zero-order valence-electron chi connectivity index (χ0n) is 17.3. The van der Waals surface area contributed by atoms with Crippen molar-refractivity contribution in [3.05, 3.63) is 54.4 Å². The number of amides is 1. The highest BCUT2D eigenvalue weighted by Crippen LogP contribution is 2.21. The summed E-state index contributed by atoms with van der Waals surface area (Å²) in [5.74, 6) is 1.47. The number of aryl methyl sites for hydroxylation is 1. The first-order valence-corrected chi connectivity index (χ1v) is 10.5. The molecule has 1 saturated heterocycles. The smallest absolute Gasteiger partial charge is 0.241 e. The van der Waals surface area contributed by atoms with Gasteiger partial charge in [-0.25, -0.2) is 0 Å². The van der Waals surface area contributed by atoms with Crippen molar-refractivity contribution in [3.8, 4) is 0 Å². The van der Waals surface area contributed by atoms with E-state index in [9.17, 15) is 4.79 Å². The monoisotopic (exact) mass is 396 g/mol. The summed E-state index contributed by atoms with van der Waals surface area (Å²) in [4.78, 5) is 18.7. The molecule has 156 valence electrons. The fraction of sp³-hybridized carbons (Fsp3) is 0.500. The Bertz CT molecular complexity index is 751. The summed E-state index contributed by atoms with van der Waals surface area (Å²) in [5, 5.41) is 10.6. The third-order valence-corrected chi connectivity index (χ3v) is 5.38. The summed E-state index contributed by atoms with van der Waals surface area (Å²) in [7, 11) is 1.72. The molecule has 0 bridgehead atoms. The van der Waals surface area contributed by atoms with Crippen LogP contribution in [0.15, 0.2) is 53.8 Å². The molecule has 3 rings (SSSR count). The van der Waals surface area contributed by atoms with Gasteiger partial charge in [0.2, 0.25) is 5.91 Å². The summed E-state index contributed by atoms with van der Waals surface area (Å²) >= 11 is 0. The van der Waals surface area contributed by atoms with Crippen LogP contribution in [-0.2, 0) is 17.8 Å². The van der Waals surface area contributed by atoms with Gasteiger partial charge < -0.3 is 15.5 Å². The van der Waals surface area contributed by atoms with Crippen LogP contribution < -0.4 is 10.6 Å². The maximum absolute atomic E-state index is 12.5. The molecular weight excluding hydrogens is 364 g/mol. The Balaban J connectivity index is 1.31.